The van der Waals surface area contributed by atoms with E-state index in [1.165, 1.54) is 0 Å². The van der Waals surface area contributed by atoms with E-state index in [-0.39, 0.29) is 11.6 Å². The van der Waals surface area contributed by atoms with E-state index in [0.717, 1.165) is 16.9 Å². The van der Waals surface area contributed by atoms with Crippen molar-refractivity contribution in [2.24, 2.45) is 0 Å². The van der Waals surface area contributed by atoms with Gasteiger partial charge in [0.1, 0.15) is 0 Å². The van der Waals surface area contributed by atoms with Crippen molar-refractivity contribution >= 4 is 23.1 Å². The lowest BCUT2D eigenvalue weighted by molar-refractivity contribution is 0.102. The fraction of sp³-hybridized carbons (Fsp3) is 0.143. The van der Waals surface area contributed by atoms with E-state index in [1.54, 1.807) is 36.4 Å². The van der Waals surface area contributed by atoms with Gasteiger partial charge in [0.05, 0.1) is 11.6 Å². The highest BCUT2D eigenvalue weighted by Gasteiger charge is 2.12. The average Bonchev–Trinajstić information content (AvgIpc) is 2.69. The summed E-state index contributed by atoms with van der Waals surface area (Å²) >= 11 is 0. The van der Waals surface area contributed by atoms with Crippen molar-refractivity contribution in [1.82, 2.24) is 10.2 Å². The van der Waals surface area contributed by atoms with E-state index < -0.39 is 0 Å². The minimum atomic E-state index is -0.305. The predicted octanol–water partition coefficient (Wildman–Crippen LogP) is 4.47. The van der Waals surface area contributed by atoms with Crippen LogP contribution in [0.2, 0.25) is 0 Å². The van der Waals surface area contributed by atoms with Crippen LogP contribution in [0.4, 0.5) is 17.2 Å². The zero-order chi connectivity index (χ0) is 19.2. The molecule has 0 fully saturated rings. The molecule has 2 N–H and O–H groups in total. The molecule has 3 rings (SSSR count). The van der Waals surface area contributed by atoms with Gasteiger partial charge in [0.25, 0.3) is 5.91 Å². The van der Waals surface area contributed by atoms with Crippen LogP contribution in [0.1, 0.15) is 41.4 Å². The van der Waals surface area contributed by atoms with Gasteiger partial charge in [-0.2, -0.15) is 5.26 Å². The maximum atomic E-state index is 12.5. The van der Waals surface area contributed by atoms with E-state index >= 15 is 0 Å². The van der Waals surface area contributed by atoms with Crippen LogP contribution in [-0.2, 0) is 0 Å². The molecule has 0 aliphatic heterocycles. The van der Waals surface area contributed by atoms with Gasteiger partial charge in [0.15, 0.2) is 11.5 Å². The molecule has 0 saturated carbocycles. The second kappa shape index (κ2) is 8.11. The van der Waals surface area contributed by atoms with E-state index in [4.69, 9.17) is 5.26 Å². The van der Waals surface area contributed by atoms with Crippen LogP contribution in [0.25, 0.3) is 0 Å². The van der Waals surface area contributed by atoms with Crippen LogP contribution in [0.15, 0.2) is 60.7 Å². The topological polar surface area (TPSA) is 90.7 Å². The molecule has 0 aliphatic rings. The van der Waals surface area contributed by atoms with Crippen LogP contribution >= 0.6 is 0 Å². The van der Waals surface area contributed by atoms with Crippen LogP contribution in [0, 0.1) is 11.3 Å². The molecule has 1 amide bonds. The first-order chi connectivity index (χ1) is 13.1. The molecule has 1 heterocycles. The van der Waals surface area contributed by atoms with Crippen molar-refractivity contribution in [2.75, 3.05) is 10.6 Å². The van der Waals surface area contributed by atoms with Crippen molar-refractivity contribution < 1.29 is 4.79 Å². The number of benzene rings is 2. The highest BCUT2D eigenvalue weighted by atomic mass is 16.1. The number of nitrogens with zero attached hydrogens (tertiary/aromatic N) is 3. The Morgan fingerprint density at radius 3 is 2.37 bits per heavy atom. The molecule has 6 nitrogen and oxygen atoms in total. The fourth-order valence-electron chi connectivity index (χ4n) is 2.60. The largest absolute Gasteiger partial charge is 0.339 e. The molecule has 2 aromatic carbocycles. The zero-order valence-electron chi connectivity index (χ0n) is 15.1. The maximum Gasteiger partial charge on any atom is 0.276 e. The number of nitrogens with one attached hydrogen (secondary N) is 2. The van der Waals surface area contributed by atoms with Gasteiger partial charge in [-0.1, -0.05) is 32.0 Å². The summed E-state index contributed by atoms with van der Waals surface area (Å²) in [4.78, 5) is 12.5. The van der Waals surface area contributed by atoms with Gasteiger partial charge in [0.2, 0.25) is 0 Å². The Balaban J connectivity index is 1.69. The first-order valence-electron chi connectivity index (χ1n) is 8.58. The number of anilines is 3. The minimum Gasteiger partial charge on any atom is -0.339 e. The summed E-state index contributed by atoms with van der Waals surface area (Å²) in [5, 5.41) is 22.9. The molecule has 0 saturated heterocycles. The summed E-state index contributed by atoms with van der Waals surface area (Å²) in [5.74, 6) is 0.506. The van der Waals surface area contributed by atoms with Gasteiger partial charge in [-0.25, -0.2) is 0 Å². The Bertz CT molecular complexity index is 973. The number of rotatable bonds is 5. The average molecular weight is 357 g/mol. The third-order valence-electron chi connectivity index (χ3n) is 4.01. The highest BCUT2D eigenvalue weighted by Crippen LogP contribution is 2.24. The number of hydrogen-bond donors (Lipinski definition) is 2. The third-order valence-corrected chi connectivity index (χ3v) is 4.01. The predicted molar refractivity (Wildman–Crippen MR) is 105 cm³/mol. The molecular formula is C21H19N5O. The Kier molecular flexibility index (Phi) is 5.43. The van der Waals surface area contributed by atoms with Gasteiger partial charge in [-0.3, -0.25) is 4.79 Å². The van der Waals surface area contributed by atoms with Gasteiger partial charge in [0, 0.05) is 11.4 Å². The Hall–Kier alpha value is -3.72. The molecule has 3 aromatic rings. The monoisotopic (exact) mass is 357 g/mol. The SMILES string of the molecule is CC(C)c1ccccc1NC(=O)c1ccc(Nc2ccc(C#N)cc2)nn1. The highest BCUT2D eigenvalue weighted by molar-refractivity contribution is 6.03. The van der Waals surface area contributed by atoms with Crippen LogP contribution < -0.4 is 10.6 Å². The lowest BCUT2D eigenvalue weighted by Crippen LogP contribution is -2.16. The molecule has 0 spiro atoms. The van der Waals surface area contributed by atoms with E-state index in [1.807, 2.05) is 24.3 Å². The van der Waals surface area contributed by atoms with E-state index in [2.05, 4.69) is 40.7 Å². The van der Waals surface area contributed by atoms with Gasteiger partial charge < -0.3 is 10.6 Å². The summed E-state index contributed by atoms with van der Waals surface area (Å²) in [7, 11) is 0. The second-order valence-corrected chi connectivity index (χ2v) is 6.31. The number of carbonyl (C=O) groups excluding carboxylic acids is 1. The van der Waals surface area contributed by atoms with Gasteiger partial charge in [-0.05, 0) is 53.9 Å². The molecule has 0 unspecified atom stereocenters. The van der Waals surface area contributed by atoms with Crippen molar-refractivity contribution in [3.8, 4) is 6.07 Å². The first-order valence-corrected chi connectivity index (χ1v) is 8.58. The van der Waals surface area contributed by atoms with Crippen LogP contribution in [0.3, 0.4) is 0 Å². The molecule has 0 atom stereocenters. The Morgan fingerprint density at radius 1 is 1.00 bits per heavy atom. The molecule has 0 radical (unpaired) electrons. The zero-order valence-corrected chi connectivity index (χ0v) is 15.1. The standard InChI is InChI=1S/C21H19N5O/c1-14(2)17-5-3-4-6-18(17)24-21(27)19-11-12-20(26-25-19)23-16-9-7-15(13-22)8-10-16/h3-12,14H,1-2H3,(H,23,26)(H,24,27). The number of carbonyl (C=O) groups is 1. The summed E-state index contributed by atoms with van der Waals surface area (Å²) in [6, 6.07) is 20.1. The van der Waals surface area contributed by atoms with E-state index in [9.17, 15) is 4.79 Å². The Labute approximate surface area is 157 Å². The summed E-state index contributed by atoms with van der Waals surface area (Å²) in [5.41, 5.74) is 3.45. The normalized spacial score (nSPS) is 10.3. The molecule has 134 valence electrons. The second-order valence-electron chi connectivity index (χ2n) is 6.31. The lowest BCUT2D eigenvalue weighted by Gasteiger charge is -2.13. The maximum absolute atomic E-state index is 12.5. The van der Waals surface area contributed by atoms with E-state index in [0.29, 0.717) is 17.3 Å². The fourth-order valence-corrected chi connectivity index (χ4v) is 2.60. The quantitative estimate of drug-likeness (QED) is 0.703. The first kappa shape index (κ1) is 18.1. The van der Waals surface area contributed by atoms with Gasteiger partial charge >= 0.3 is 0 Å². The number of aromatic nitrogens is 2. The molecule has 0 bridgehead atoms. The molecule has 1 aromatic heterocycles. The summed E-state index contributed by atoms with van der Waals surface area (Å²) < 4.78 is 0. The number of para-hydroxylation sites is 1. The minimum absolute atomic E-state index is 0.235. The molecular weight excluding hydrogens is 338 g/mol. The van der Waals surface area contributed by atoms with Crippen LogP contribution in [-0.4, -0.2) is 16.1 Å². The number of hydrogen-bond acceptors (Lipinski definition) is 5. The summed E-state index contributed by atoms with van der Waals surface area (Å²) in [6.45, 7) is 4.16. The van der Waals surface area contributed by atoms with Crippen molar-refractivity contribution in [1.29, 1.82) is 5.26 Å². The van der Waals surface area contributed by atoms with Crippen molar-refractivity contribution in [3.63, 3.8) is 0 Å². The third kappa shape index (κ3) is 4.47. The summed E-state index contributed by atoms with van der Waals surface area (Å²) in [6.07, 6.45) is 0. The van der Waals surface area contributed by atoms with Crippen molar-refractivity contribution in [3.05, 3.63) is 77.5 Å². The molecule has 6 heteroatoms. The number of amides is 1. The molecule has 27 heavy (non-hydrogen) atoms. The van der Waals surface area contributed by atoms with Gasteiger partial charge in [-0.15, -0.1) is 10.2 Å². The smallest absolute Gasteiger partial charge is 0.276 e. The van der Waals surface area contributed by atoms with Crippen molar-refractivity contribution in [2.45, 2.75) is 19.8 Å². The lowest BCUT2D eigenvalue weighted by atomic mass is 10.0. The molecule has 0 aliphatic carbocycles. The van der Waals surface area contributed by atoms with Crippen LogP contribution in [0.5, 0.6) is 0 Å². The number of nitriles is 1. The Morgan fingerprint density at radius 2 is 1.74 bits per heavy atom.